The van der Waals surface area contributed by atoms with Crippen LogP contribution >= 0.6 is 0 Å². The summed E-state index contributed by atoms with van der Waals surface area (Å²) in [5.41, 5.74) is 2.30. The molecule has 0 bridgehead atoms. The van der Waals surface area contributed by atoms with E-state index in [1.54, 1.807) is 73.7 Å². The zero-order chi connectivity index (χ0) is 26.4. The third-order valence-electron chi connectivity index (χ3n) is 5.96. The first kappa shape index (κ1) is 26.0. The average Bonchev–Trinajstić information content (AvgIpc) is 2.90. The number of hydrogen-bond acceptors (Lipinski definition) is 3. The summed E-state index contributed by atoms with van der Waals surface area (Å²) in [5.74, 6) is -1.45. The molecular formula is C31H27F3O3. The fraction of sp³-hybridized carbons (Fsp3) is 0.161. The molecule has 0 saturated carbocycles. The number of aliphatic hydroxyl groups is 1. The Morgan fingerprint density at radius 3 is 1.89 bits per heavy atom. The van der Waals surface area contributed by atoms with Gasteiger partial charge in [0, 0.05) is 22.8 Å². The summed E-state index contributed by atoms with van der Waals surface area (Å²) >= 11 is 0. The van der Waals surface area contributed by atoms with Gasteiger partial charge in [-0.1, -0.05) is 54.6 Å². The molecule has 0 radical (unpaired) electrons. The largest absolute Gasteiger partial charge is 0.493 e. The maximum absolute atomic E-state index is 15.0. The number of rotatable bonds is 10. The van der Waals surface area contributed by atoms with E-state index in [2.05, 4.69) is 6.58 Å². The summed E-state index contributed by atoms with van der Waals surface area (Å²) in [4.78, 5) is 0. The van der Waals surface area contributed by atoms with E-state index in [0.29, 0.717) is 46.8 Å². The number of aliphatic hydroxyl groups excluding tert-OH is 1. The molecule has 0 amide bonds. The van der Waals surface area contributed by atoms with Crippen LogP contribution < -0.4 is 9.47 Å². The lowest BCUT2D eigenvalue weighted by Crippen LogP contribution is -2.01. The SMILES string of the molecule is C=CCCOc1ccc(COc2ccc(-c3ccc(-c4ccc(C(C)O)cc4)c(F)c3F)cc2)c(F)c1. The van der Waals surface area contributed by atoms with Gasteiger partial charge < -0.3 is 14.6 Å². The predicted octanol–water partition coefficient (Wildman–Crippen LogP) is 8.03. The van der Waals surface area contributed by atoms with Crippen LogP contribution in [-0.2, 0) is 6.61 Å². The van der Waals surface area contributed by atoms with Crippen LogP contribution in [0, 0.1) is 17.5 Å². The normalized spacial score (nSPS) is 11.7. The van der Waals surface area contributed by atoms with Gasteiger partial charge in [0.1, 0.15) is 23.9 Å². The van der Waals surface area contributed by atoms with Crippen molar-refractivity contribution in [2.45, 2.75) is 26.1 Å². The van der Waals surface area contributed by atoms with E-state index in [-0.39, 0.29) is 17.7 Å². The van der Waals surface area contributed by atoms with E-state index in [4.69, 9.17) is 9.47 Å². The van der Waals surface area contributed by atoms with Crippen molar-refractivity contribution in [2.75, 3.05) is 6.61 Å². The standard InChI is InChI=1S/C31H27F3O3/c1-3-4-17-36-26-14-11-24(29(32)18-26)19-37-25-12-9-23(10-13-25)28-16-15-27(30(33)31(28)34)22-7-5-21(6-8-22)20(2)35/h3,5-16,18,20,35H,1,4,17,19H2,2H3. The van der Waals surface area contributed by atoms with Gasteiger partial charge in [-0.25, -0.2) is 13.2 Å². The van der Waals surface area contributed by atoms with Crippen LogP contribution in [0.15, 0.2) is 91.5 Å². The van der Waals surface area contributed by atoms with Gasteiger partial charge in [-0.15, -0.1) is 6.58 Å². The van der Waals surface area contributed by atoms with Gasteiger partial charge in [0.05, 0.1) is 12.7 Å². The molecule has 0 aromatic heterocycles. The molecule has 0 aliphatic carbocycles. The predicted molar refractivity (Wildman–Crippen MR) is 139 cm³/mol. The molecule has 1 atom stereocenters. The van der Waals surface area contributed by atoms with E-state index in [9.17, 15) is 18.3 Å². The van der Waals surface area contributed by atoms with Crippen LogP contribution in [0.2, 0.25) is 0 Å². The van der Waals surface area contributed by atoms with Crippen molar-refractivity contribution < 1.29 is 27.8 Å². The Hall–Kier alpha value is -4.03. The summed E-state index contributed by atoms with van der Waals surface area (Å²) in [5, 5.41) is 9.65. The molecule has 1 unspecified atom stereocenters. The minimum atomic E-state index is -0.955. The van der Waals surface area contributed by atoms with Gasteiger partial charge in [-0.2, -0.15) is 0 Å². The number of ether oxygens (including phenoxy) is 2. The molecule has 190 valence electrons. The van der Waals surface area contributed by atoms with Crippen LogP contribution in [0.4, 0.5) is 13.2 Å². The van der Waals surface area contributed by atoms with Crippen molar-refractivity contribution in [3.63, 3.8) is 0 Å². The molecule has 0 saturated heterocycles. The van der Waals surface area contributed by atoms with Crippen LogP contribution in [0.5, 0.6) is 11.5 Å². The van der Waals surface area contributed by atoms with E-state index < -0.39 is 23.6 Å². The summed E-state index contributed by atoms with van der Waals surface area (Å²) < 4.78 is 55.4. The molecule has 4 aromatic carbocycles. The lowest BCUT2D eigenvalue weighted by atomic mass is 9.97. The van der Waals surface area contributed by atoms with E-state index in [0.717, 1.165) is 0 Å². The van der Waals surface area contributed by atoms with Crippen LogP contribution in [0.3, 0.4) is 0 Å². The second kappa shape index (κ2) is 11.8. The lowest BCUT2D eigenvalue weighted by molar-refractivity contribution is 0.199. The molecule has 0 aliphatic heterocycles. The highest BCUT2D eigenvalue weighted by Gasteiger charge is 2.16. The monoisotopic (exact) mass is 504 g/mol. The minimum Gasteiger partial charge on any atom is -0.493 e. The number of halogens is 3. The minimum absolute atomic E-state index is 0.00362. The zero-order valence-electron chi connectivity index (χ0n) is 20.4. The Labute approximate surface area is 214 Å². The Balaban J connectivity index is 1.44. The topological polar surface area (TPSA) is 38.7 Å². The second-order valence-electron chi connectivity index (χ2n) is 8.58. The lowest BCUT2D eigenvalue weighted by Gasteiger charge is -2.12. The van der Waals surface area contributed by atoms with Crippen LogP contribution in [-0.4, -0.2) is 11.7 Å². The number of benzene rings is 4. The average molecular weight is 505 g/mol. The van der Waals surface area contributed by atoms with Gasteiger partial charge in [-0.05, 0) is 54.3 Å². The highest BCUT2D eigenvalue weighted by molar-refractivity contribution is 5.72. The van der Waals surface area contributed by atoms with Gasteiger partial charge in [0.25, 0.3) is 0 Å². The Kier molecular flexibility index (Phi) is 8.31. The first-order valence-corrected chi connectivity index (χ1v) is 11.9. The summed E-state index contributed by atoms with van der Waals surface area (Å²) in [6.45, 7) is 5.68. The Morgan fingerprint density at radius 2 is 1.35 bits per heavy atom. The van der Waals surface area contributed by atoms with Crippen molar-refractivity contribution >= 4 is 0 Å². The molecule has 4 rings (SSSR count). The quantitative estimate of drug-likeness (QED) is 0.176. The van der Waals surface area contributed by atoms with Crippen LogP contribution in [0.25, 0.3) is 22.3 Å². The summed E-state index contributed by atoms with van der Waals surface area (Å²) in [6, 6.07) is 20.8. The van der Waals surface area contributed by atoms with E-state index in [1.807, 2.05) is 0 Å². The molecule has 0 fully saturated rings. The van der Waals surface area contributed by atoms with Crippen molar-refractivity contribution in [3.8, 4) is 33.8 Å². The third kappa shape index (κ3) is 6.22. The Morgan fingerprint density at radius 1 is 0.784 bits per heavy atom. The number of hydrogen-bond donors (Lipinski definition) is 1. The molecule has 6 heteroatoms. The van der Waals surface area contributed by atoms with Crippen molar-refractivity contribution in [2.24, 2.45) is 0 Å². The molecule has 37 heavy (non-hydrogen) atoms. The second-order valence-corrected chi connectivity index (χ2v) is 8.58. The first-order chi connectivity index (χ1) is 17.9. The van der Waals surface area contributed by atoms with Gasteiger partial charge in [-0.3, -0.25) is 0 Å². The molecule has 0 spiro atoms. The molecular weight excluding hydrogens is 477 g/mol. The zero-order valence-corrected chi connectivity index (χ0v) is 20.4. The van der Waals surface area contributed by atoms with Gasteiger partial charge in [0.15, 0.2) is 11.6 Å². The highest BCUT2D eigenvalue weighted by Crippen LogP contribution is 2.33. The maximum atomic E-state index is 15.0. The molecule has 4 aromatic rings. The summed E-state index contributed by atoms with van der Waals surface area (Å²) in [6.07, 6.45) is 1.75. The first-order valence-electron chi connectivity index (χ1n) is 11.9. The molecule has 1 N–H and O–H groups in total. The molecule has 0 aliphatic rings. The molecule has 0 heterocycles. The molecule has 3 nitrogen and oxygen atoms in total. The van der Waals surface area contributed by atoms with Crippen molar-refractivity contribution in [3.05, 3.63) is 120 Å². The van der Waals surface area contributed by atoms with E-state index >= 15 is 0 Å². The van der Waals surface area contributed by atoms with Gasteiger partial charge >= 0.3 is 0 Å². The third-order valence-corrected chi connectivity index (χ3v) is 5.96. The Bertz CT molecular complexity index is 1360. The maximum Gasteiger partial charge on any atom is 0.167 e. The van der Waals surface area contributed by atoms with Crippen molar-refractivity contribution in [1.82, 2.24) is 0 Å². The smallest absolute Gasteiger partial charge is 0.167 e. The van der Waals surface area contributed by atoms with Crippen molar-refractivity contribution in [1.29, 1.82) is 0 Å². The van der Waals surface area contributed by atoms with E-state index in [1.165, 1.54) is 18.2 Å². The fourth-order valence-corrected chi connectivity index (χ4v) is 3.82. The fourth-order valence-electron chi connectivity index (χ4n) is 3.82. The van der Waals surface area contributed by atoms with Gasteiger partial charge in [0.2, 0.25) is 0 Å². The van der Waals surface area contributed by atoms with Crippen LogP contribution in [0.1, 0.15) is 30.6 Å². The summed E-state index contributed by atoms with van der Waals surface area (Å²) in [7, 11) is 0. The highest BCUT2D eigenvalue weighted by atomic mass is 19.2.